The summed E-state index contributed by atoms with van der Waals surface area (Å²) in [5.74, 6) is -0.344. The molecule has 0 saturated carbocycles. The number of nitrogens with zero attached hydrogens (tertiary/aromatic N) is 2. The average Bonchev–Trinajstić information content (AvgIpc) is 2.29. The van der Waals surface area contributed by atoms with Gasteiger partial charge in [0.2, 0.25) is 0 Å². The molecule has 0 radical (unpaired) electrons. The molecule has 0 atom stereocenters. The Morgan fingerprint density at radius 3 is 2.33 bits per heavy atom. The lowest BCUT2D eigenvalue weighted by atomic mass is 10.3. The first-order chi connectivity index (χ1) is 8.46. The summed E-state index contributed by atoms with van der Waals surface area (Å²) in [6.07, 6.45) is -2.12. The lowest BCUT2D eigenvalue weighted by molar-refractivity contribution is -0.274. The van der Waals surface area contributed by atoms with Gasteiger partial charge in [-0.1, -0.05) is 0 Å². The van der Waals surface area contributed by atoms with Gasteiger partial charge in [0, 0.05) is 12.3 Å². The average molecular weight is 256 g/mol. The Morgan fingerprint density at radius 1 is 1.11 bits per heavy atom. The van der Waals surface area contributed by atoms with E-state index >= 15 is 0 Å². The van der Waals surface area contributed by atoms with Crippen molar-refractivity contribution in [2.75, 3.05) is 0 Å². The summed E-state index contributed by atoms with van der Waals surface area (Å²) in [4.78, 5) is 15.2. The van der Waals surface area contributed by atoms with Gasteiger partial charge in [-0.2, -0.15) is 0 Å². The first-order valence-electron chi connectivity index (χ1n) is 4.84. The summed E-state index contributed by atoms with van der Waals surface area (Å²) < 4.78 is 40.8. The molecule has 0 aliphatic heterocycles. The first-order valence-corrected chi connectivity index (χ1v) is 4.84. The lowest BCUT2D eigenvalue weighted by Gasteiger charge is -2.09. The van der Waals surface area contributed by atoms with Crippen LogP contribution in [-0.4, -0.2) is 15.9 Å². The van der Waals surface area contributed by atoms with Crippen LogP contribution in [0.25, 0.3) is 5.69 Å². The second-order valence-corrected chi connectivity index (χ2v) is 3.33. The van der Waals surface area contributed by atoms with E-state index in [-0.39, 0.29) is 11.3 Å². The number of aromatic nitrogens is 2. The molecule has 0 fully saturated rings. The maximum absolute atomic E-state index is 11.9. The maximum atomic E-state index is 11.9. The Hall–Kier alpha value is -2.31. The Morgan fingerprint density at radius 2 is 1.78 bits per heavy atom. The minimum absolute atomic E-state index is 0.325. The fraction of sp³-hybridized carbons (Fsp3) is 0.0909. The number of ether oxygens (including phenoxy) is 1. The molecular weight excluding hydrogens is 249 g/mol. The van der Waals surface area contributed by atoms with E-state index < -0.39 is 6.36 Å². The molecule has 94 valence electrons. The standard InChI is InChI=1S/C11H7F3N2O2/c12-11(13,14)18-9-3-1-8(2-4-9)16-7-15-6-5-10(16)17/h1-7H. The number of alkyl halides is 3. The van der Waals surface area contributed by atoms with Gasteiger partial charge in [-0.25, -0.2) is 4.98 Å². The molecule has 0 aliphatic carbocycles. The molecule has 1 aromatic carbocycles. The predicted molar refractivity (Wildman–Crippen MR) is 56.5 cm³/mol. The van der Waals surface area contributed by atoms with E-state index in [4.69, 9.17) is 0 Å². The molecule has 0 aliphatic rings. The van der Waals surface area contributed by atoms with Crippen LogP contribution in [0.1, 0.15) is 0 Å². The summed E-state index contributed by atoms with van der Waals surface area (Å²) in [5, 5.41) is 0. The van der Waals surface area contributed by atoms with Crippen molar-refractivity contribution >= 4 is 0 Å². The second kappa shape index (κ2) is 4.52. The molecule has 18 heavy (non-hydrogen) atoms. The minimum Gasteiger partial charge on any atom is -0.406 e. The SMILES string of the molecule is O=c1ccncn1-c1ccc(OC(F)(F)F)cc1. The normalized spacial score (nSPS) is 11.3. The van der Waals surface area contributed by atoms with Gasteiger partial charge in [0.05, 0.1) is 5.69 Å². The third-order valence-electron chi connectivity index (χ3n) is 2.07. The van der Waals surface area contributed by atoms with Crippen LogP contribution in [0.4, 0.5) is 13.2 Å². The van der Waals surface area contributed by atoms with Crippen LogP contribution in [0.3, 0.4) is 0 Å². The van der Waals surface area contributed by atoms with Crippen molar-refractivity contribution in [1.29, 1.82) is 0 Å². The van der Waals surface area contributed by atoms with Gasteiger partial charge in [-0.15, -0.1) is 13.2 Å². The van der Waals surface area contributed by atoms with Crippen molar-refractivity contribution < 1.29 is 17.9 Å². The molecule has 7 heteroatoms. The zero-order valence-corrected chi connectivity index (χ0v) is 8.89. The van der Waals surface area contributed by atoms with Crippen LogP contribution in [0.15, 0.2) is 47.7 Å². The highest BCUT2D eigenvalue weighted by atomic mass is 19.4. The summed E-state index contributed by atoms with van der Waals surface area (Å²) in [7, 11) is 0. The van der Waals surface area contributed by atoms with Crippen molar-refractivity contribution in [3.8, 4) is 11.4 Å². The highest BCUT2D eigenvalue weighted by Gasteiger charge is 2.30. The van der Waals surface area contributed by atoms with E-state index in [9.17, 15) is 18.0 Å². The minimum atomic E-state index is -4.73. The van der Waals surface area contributed by atoms with Crippen LogP contribution >= 0.6 is 0 Å². The third kappa shape index (κ3) is 2.88. The quantitative estimate of drug-likeness (QED) is 0.826. The van der Waals surface area contributed by atoms with E-state index in [1.807, 2.05) is 0 Å². The molecule has 1 heterocycles. The van der Waals surface area contributed by atoms with Crippen molar-refractivity contribution in [2.24, 2.45) is 0 Å². The van der Waals surface area contributed by atoms with E-state index in [2.05, 4.69) is 9.72 Å². The van der Waals surface area contributed by atoms with Gasteiger partial charge < -0.3 is 4.74 Å². The monoisotopic (exact) mass is 256 g/mol. The first kappa shape index (κ1) is 12.2. The van der Waals surface area contributed by atoms with Crippen LogP contribution < -0.4 is 10.3 Å². The fourth-order valence-corrected chi connectivity index (χ4v) is 1.35. The topological polar surface area (TPSA) is 44.1 Å². The van der Waals surface area contributed by atoms with Crippen molar-refractivity contribution in [1.82, 2.24) is 9.55 Å². The van der Waals surface area contributed by atoms with Crippen molar-refractivity contribution in [3.05, 3.63) is 53.2 Å². The van der Waals surface area contributed by atoms with Gasteiger partial charge in [0.15, 0.2) is 0 Å². The van der Waals surface area contributed by atoms with E-state index in [1.54, 1.807) is 0 Å². The molecule has 1 aromatic heterocycles. The van der Waals surface area contributed by atoms with Crippen molar-refractivity contribution in [3.63, 3.8) is 0 Å². The summed E-state index contributed by atoms with van der Waals surface area (Å²) in [6, 6.07) is 6.18. The van der Waals surface area contributed by atoms with E-state index in [0.29, 0.717) is 5.69 Å². The zero-order valence-electron chi connectivity index (χ0n) is 8.89. The van der Waals surface area contributed by atoms with Crippen LogP contribution in [0.5, 0.6) is 5.75 Å². The van der Waals surface area contributed by atoms with E-state index in [0.717, 1.165) is 12.1 Å². The molecule has 0 amide bonds. The predicted octanol–water partition coefficient (Wildman–Crippen LogP) is 2.13. The molecule has 2 aromatic rings. The van der Waals surface area contributed by atoms with Crippen molar-refractivity contribution in [2.45, 2.75) is 6.36 Å². The molecule has 4 nitrogen and oxygen atoms in total. The molecule has 0 unspecified atom stereocenters. The molecule has 2 rings (SSSR count). The number of halogens is 3. The maximum Gasteiger partial charge on any atom is 0.573 e. The highest BCUT2D eigenvalue weighted by Crippen LogP contribution is 2.23. The zero-order chi connectivity index (χ0) is 13.2. The van der Waals surface area contributed by atoms with E-state index in [1.165, 1.54) is 35.3 Å². The molecule has 0 N–H and O–H groups in total. The van der Waals surface area contributed by atoms with Crippen LogP contribution in [0, 0.1) is 0 Å². The third-order valence-corrected chi connectivity index (χ3v) is 2.07. The largest absolute Gasteiger partial charge is 0.573 e. The number of benzene rings is 1. The highest BCUT2D eigenvalue weighted by molar-refractivity contribution is 5.37. The molecular formula is C11H7F3N2O2. The summed E-state index contributed by atoms with van der Waals surface area (Å²) >= 11 is 0. The molecule has 0 spiro atoms. The second-order valence-electron chi connectivity index (χ2n) is 3.33. The Balaban J connectivity index is 2.29. The fourth-order valence-electron chi connectivity index (χ4n) is 1.35. The van der Waals surface area contributed by atoms with Crippen LogP contribution in [0.2, 0.25) is 0 Å². The molecule has 0 bridgehead atoms. The van der Waals surface area contributed by atoms with Gasteiger partial charge in [0.1, 0.15) is 12.1 Å². The van der Waals surface area contributed by atoms with Crippen LogP contribution in [-0.2, 0) is 0 Å². The number of rotatable bonds is 2. The Kier molecular flexibility index (Phi) is 3.05. The van der Waals surface area contributed by atoms with Gasteiger partial charge in [0.25, 0.3) is 5.56 Å². The number of hydrogen-bond donors (Lipinski definition) is 0. The van der Waals surface area contributed by atoms with Gasteiger partial charge in [-0.05, 0) is 24.3 Å². The van der Waals surface area contributed by atoms with Gasteiger partial charge in [-0.3, -0.25) is 9.36 Å². The Labute approximate surface area is 99.3 Å². The summed E-state index contributed by atoms with van der Waals surface area (Å²) in [6.45, 7) is 0. The number of hydrogen-bond acceptors (Lipinski definition) is 3. The lowest BCUT2D eigenvalue weighted by Crippen LogP contribution is -2.18. The van der Waals surface area contributed by atoms with Gasteiger partial charge >= 0.3 is 6.36 Å². The summed E-state index contributed by atoms with van der Waals surface area (Å²) in [5.41, 5.74) is 0.0807. The molecule has 0 saturated heterocycles. The Bertz CT molecular complexity index is 590. The smallest absolute Gasteiger partial charge is 0.406 e.